The highest BCUT2D eigenvalue weighted by molar-refractivity contribution is 5.97. The third-order valence-electron chi connectivity index (χ3n) is 4.80. The number of aliphatic hydroxyl groups is 1. The lowest BCUT2D eigenvalue weighted by Crippen LogP contribution is -2.43. The monoisotopic (exact) mass is 309 g/mol. The molecule has 2 aliphatic rings. The molecule has 3 N–H and O–H groups in total. The molecule has 0 aromatic rings. The van der Waals surface area contributed by atoms with Crippen LogP contribution in [0.15, 0.2) is 5.10 Å². The van der Waals surface area contributed by atoms with Crippen molar-refractivity contribution >= 4 is 17.5 Å². The summed E-state index contributed by atoms with van der Waals surface area (Å²) in [4.78, 5) is 22.9. The van der Waals surface area contributed by atoms with Crippen molar-refractivity contribution in [1.29, 1.82) is 0 Å². The molecule has 124 valence electrons. The van der Waals surface area contributed by atoms with Crippen molar-refractivity contribution in [3.8, 4) is 0 Å². The van der Waals surface area contributed by atoms with Gasteiger partial charge in [0.25, 0.3) is 0 Å². The van der Waals surface area contributed by atoms with Crippen molar-refractivity contribution in [2.75, 3.05) is 7.05 Å². The molecule has 1 heterocycles. The zero-order valence-corrected chi connectivity index (χ0v) is 13.6. The number of carbonyl (C=O) groups excluding carboxylic acids is 2. The molecule has 0 aromatic carbocycles. The van der Waals surface area contributed by atoms with Gasteiger partial charge in [0.05, 0.1) is 6.10 Å². The molecule has 1 saturated carbocycles. The molecule has 2 rings (SSSR count). The second-order valence-electron chi connectivity index (χ2n) is 6.89. The van der Waals surface area contributed by atoms with E-state index in [1.165, 1.54) is 0 Å². The van der Waals surface area contributed by atoms with Crippen LogP contribution in [0.3, 0.4) is 0 Å². The fourth-order valence-corrected chi connectivity index (χ4v) is 3.94. The summed E-state index contributed by atoms with van der Waals surface area (Å²) in [6.07, 6.45) is 2.54. The number of piperidine rings is 1. The smallest absolute Gasteiger partial charge is 0.226 e. The predicted molar refractivity (Wildman–Crippen MR) is 84.0 cm³/mol. The van der Waals surface area contributed by atoms with E-state index in [9.17, 15) is 14.7 Å². The van der Waals surface area contributed by atoms with Crippen molar-refractivity contribution < 1.29 is 14.7 Å². The van der Waals surface area contributed by atoms with Gasteiger partial charge in [0.2, 0.25) is 11.8 Å². The Bertz CT molecular complexity index is 448. The number of imide groups is 1. The minimum Gasteiger partial charge on any atom is -0.392 e. The first kappa shape index (κ1) is 16.9. The molecule has 4 atom stereocenters. The van der Waals surface area contributed by atoms with Crippen LogP contribution in [0.2, 0.25) is 0 Å². The fourth-order valence-electron chi connectivity index (χ4n) is 3.94. The molecule has 2 amide bonds. The van der Waals surface area contributed by atoms with Crippen LogP contribution in [0.25, 0.3) is 0 Å². The second kappa shape index (κ2) is 7.22. The first-order chi connectivity index (χ1) is 10.4. The number of hydrogen-bond acceptors (Lipinski definition) is 5. The quantitative estimate of drug-likeness (QED) is 0.535. The Labute approximate surface area is 131 Å². The Morgan fingerprint density at radius 3 is 2.50 bits per heavy atom. The number of nitrogens with zero attached hydrogens (tertiary/aromatic N) is 1. The Kier molecular flexibility index (Phi) is 5.56. The molecule has 0 spiro atoms. The number of nitrogens with one attached hydrogen (secondary N) is 2. The number of hydrazone groups is 1. The van der Waals surface area contributed by atoms with Crippen LogP contribution in [-0.2, 0) is 9.59 Å². The SMILES string of the molecule is CN/N=C1/C(C)CC(C)CC1C(O)CC1CC(=O)NC(=O)C1. The van der Waals surface area contributed by atoms with Gasteiger partial charge in [-0.25, -0.2) is 0 Å². The van der Waals surface area contributed by atoms with E-state index < -0.39 is 6.10 Å². The van der Waals surface area contributed by atoms with E-state index in [4.69, 9.17) is 0 Å². The molecule has 4 unspecified atom stereocenters. The summed E-state index contributed by atoms with van der Waals surface area (Å²) in [6.45, 7) is 4.34. The molecule has 1 saturated heterocycles. The summed E-state index contributed by atoms with van der Waals surface area (Å²) in [5, 5.41) is 17.4. The van der Waals surface area contributed by atoms with Gasteiger partial charge in [-0.05, 0) is 37.0 Å². The summed E-state index contributed by atoms with van der Waals surface area (Å²) >= 11 is 0. The summed E-state index contributed by atoms with van der Waals surface area (Å²) in [5.74, 6) is 0.352. The lowest BCUT2D eigenvalue weighted by Gasteiger charge is -2.37. The predicted octanol–water partition coefficient (Wildman–Crippen LogP) is 1.05. The van der Waals surface area contributed by atoms with Crippen molar-refractivity contribution in [1.82, 2.24) is 10.7 Å². The van der Waals surface area contributed by atoms with Crippen LogP contribution in [0.5, 0.6) is 0 Å². The molecule has 2 fully saturated rings. The Hall–Kier alpha value is -1.43. The van der Waals surface area contributed by atoms with Crippen molar-refractivity contribution in [3.05, 3.63) is 0 Å². The van der Waals surface area contributed by atoms with E-state index in [1.807, 2.05) is 0 Å². The van der Waals surface area contributed by atoms with E-state index in [2.05, 4.69) is 29.7 Å². The van der Waals surface area contributed by atoms with Gasteiger partial charge in [-0.1, -0.05) is 13.8 Å². The zero-order valence-electron chi connectivity index (χ0n) is 13.6. The molecule has 0 bridgehead atoms. The third kappa shape index (κ3) is 4.06. The highest BCUT2D eigenvalue weighted by atomic mass is 16.3. The van der Waals surface area contributed by atoms with Gasteiger partial charge >= 0.3 is 0 Å². The molecular formula is C16H27N3O3. The Balaban J connectivity index is 2.05. The van der Waals surface area contributed by atoms with Gasteiger partial charge in [0.1, 0.15) is 0 Å². The van der Waals surface area contributed by atoms with Crippen LogP contribution in [-0.4, -0.2) is 35.8 Å². The molecule has 1 aliphatic carbocycles. The maximum Gasteiger partial charge on any atom is 0.226 e. The van der Waals surface area contributed by atoms with Crippen molar-refractivity contribution in [3.63, 3.8) is 0 Å². The van der Waals surface area contributed by atoms with E-state index in [1.54, 1.807) is 7.05 Å². The average molecular weight is 309 g/mol. The van der Waals surface area contributed by atoms with E-state index in [0.717, 1.165) is 18.6 Å². The maximum absolute atomic E-state index is 11.5. The number of rotatable bonds is 4. The Morgan fingerprint density at radius 1 is 1.27 bits per heavy atom. The first-order valence-electron chi connectivity index (χ1n) is 8.15. The van der Waals surface area contributed by atoms with Gasteiger partial charge in [-0.3, -0.25) is 14.9 Å². The van der Waals surface area contributed by atoms with Crippen LogP contribution in [0.1, 0.15) is 46.0 Å². The lowest BCUT2D eigenvalue weighted by atomic mass is 9.71. The molecule has 22 heavy (non-hydrogen) atoms. The number of carbonyl (C=O) groups is 2. The average Bonchev–Trinajstić information content (AvgIpc) is 2.40. The van der Waals surface area contributed by atoms with Crippen LogP contribution >= 0.6 is 0 Å². The van der Waals surface area contributed by atoms with Gasteiger partial charge in [0.15, 0.2) is 0 Å². The fraction of sp³-hybridized carbons (Fsp3) is 0.812. The molecule has 6 heteroatoms. The summed E-state index contributed by atoms with van der Waals surface area (Å²) in [6, 6.07) is 0. The topological polar surface area (TPSA) is 90.8 Å². The van der Waals surface area contributed by atoms with E-state index in [0.29, 0.717) is 31.1 Å². The summed E-state index contributed by atoms with van der Waals surface area (Å²) in [5.41, 5.74) is 3.86. The van der Waals surface area contributed by atoms with E-state index in [-0.39, 0.29) is 23.7 Å². The number of hydrogen-bond donors (Lipinski definition) is 3. The second-order valence-corrected chi connectivity index (χ2v) is 6.89. The van der Waals surface area contributed by atoms with E-state index >= 15 is 0 Å². The van der Waals surface area contributed by atoms with Crippen LogP contribution in [0, 0.1) is 23.7 Å². The Morgan fingerprint density at radius 2 is 1.91 bits per heavy atom. The van der Waals surface area contributed by atoms with Gasteiger partial charge < -0.3 is 10.5 Å². The molecule has 0 aromatic heterocycles. The van der Waals surface area contributed by atoms with Crippen LogP contribution < -0.4 is 10.7 Å². The lowest BCUT2D eigenvalue weighted by molar-refractivity contribution is -0.135. The standard InChI is InChI=1S/C16H27N3O3/c1-9-4-10(2)16(19-17-3)12(5-9)13(20)6-11-7-14(21)18-15(22)8-11/h9-13,17,20H,4-8H2,1-3H3,(H,18,21,22)/b19-16-. The molecule has 0 radical (unpaired) electrons. The van der Waals surface area contributed by atoms with Crippen molar-refractivity contribution in [2.24, 2.45) is 28.8 Å². The minimum atomic E-state index is -0.555. The van der Waals surface area contributed by atoms with Crippen molar-refractivity contribution in [2.45, 2.75) is 52.1 Å². The normalized spacial score (nSPS) is 33.6. The molecule has 6 nitrogen and oxygen atoms in total. The highest BCUT2D eigenvalue weighted by Gasteiger charge is 2.37. The molecule has 1 aliphatic heterocycles. The number of aliphatic hydroxyl groups excluding tert-OH is 1. The summed E-state index contributed by atoms with van der Waals surface area (Å²) in [7, 11) is 1.77. The maximum atomic E-state index is 11.5. The third-order valence-corrected chi connectivity index (χ3v) is 4.80. The van der Waals surface area contributed by atoms with Crippen LogP contribution in [0.4, 0.5) is 0 Å². The van der Waals surface area contributed by atoms with Gasteiger partial charge in [-0.15, -0.1) is 0 Å². The highest BCUT2D eigenvalue weighted by Crippen LogP contribution is 2.35. The van der Waals surface area contributed by atoms with Gasteiger partial charge in [0, 0.05) is 31.5 Å². The first-order valence-corrected chi connectivity index (χ1v) is 8.15. The zero-order chi connectivity index (χ0) is 16.3. The number of amides is 2. The summed E-state index contributed by atoms with van der Waals surface area (Å²) < 4.78 is 0. The van der Waals surface area contributed by atoms with Gasteiger partial charge in [-0.2, -0.15) is 5.10 Å². The minimum absolute atomic E-state index is 0.00582. The molecular weight excluding hydrogens is 282 g/mol. The largest absolute Gasteiger partial charge is 0.392 e.